The van der Waals surface area contributed by atoms with Crippen molar-refractivity contribution in [3.05, 3.63) is 66.5 Å². The second-order valence-electron chi connectivity index (χ2n) is 5.56. The maximum Gasteiger partial charge on any atom is 0.221 e. The molecule has 3 rings (SSSR count). The molecule has 0 aliphatic heterocycles. The lowest BCUT2D eigenvalue weighted by molar-refractivity contribution is -0.114. The Kier molecular flexibility index (Phi) is 4.89. The molecule has 0 aliphatic rings. The van der Waals surface area contributed by atoms with Crippen LogP contribution in [0.5, 0.6) is 0 Å². The highest BCUT2D eigenvalue weighted by Crippen LogP contribution is 2.22. The molecular weight excluding hydrogens is 314 g/mol. The number of hydrogen-bond acceptors (Lipinski definition) is 5. The molecule has 0 saturated heterocycles. The van der Waals surface area contributed by atoms with E-state index in [4.69, 9.17) is 0 Å². The first-order valence-electron chi connectivity index (χ1n) is 7.91. The molecule has 0 spiro atoms. The molecule has 6 heteroatoms. The number of carbonyl (C=O) groups is 1. The first-order chi connectivity index (χ1) is 12.1. The number of amides is 1. The van der Waals surface area contributed by atoms with Crippen molar-refractivity contribution in [2.45, 2.75) is 13.8 Å². The van der Waals surface area contributed by atoms with E-state index in [2.05, 4.69) is 25.9 Å². The predicted octanol–water partition coefficient (Wildman–Crippen LogP) is 4.23. The monoisotopic (exact) mass is 333 g/mol. The molecule has 0 aliphatic carbocycles. The lowest BCUT2D eigenvalue weighted by atomic mass is 10.2. The lowest BCUT2D eigenvalue weighted by Crippen LogP contribution is -2.06. The number of benzene rings is 2. The summed E-state index contributed by atoms with van der Waals surface area (Å²) in [5.41, 5.74) is 2.51. The number of carbonyl (C=O) groups excluding carboxylic acids is 1. The van der Waals surface area contributed by atoms with Crippen molar-refractivity contribution < 1.29 is 4.79 Å². The molecule has 2 aromatic carbocycles. The van der Waals surface area contributed by atoms with Crippen molar-refractivity contribution in [2.75, 3.05) is 16.0 Å². The van der Waals surface area contributed by atoms with Crippen molar-refractivity contribution in [1.82, 2.24) is 9.97 Å². The van der Waals surface area contributed by atoms with Crippen molar-refractivity contribution in [3.8, 4) is 0 Å². The van der Waals surface area contributed by atoms with Gasteiger partial charge in [0.15, 0.2) is 0 Å². The molecule has 0 saturated carbocycles. The second-order valence-corrected chi connectivity index (χ2v) is 5.56. The zero-order chi connectivity index (χ0) is 17.6. The summed E-state index contributed by atoms with van der Waals surface area (Å²) in [7, 11) is 0. The zero-order valence-corrected chi connectivity index (χ0v) is 14.1. The maximum atomic E-state index is 11.2. The van der Waals surface area contributed by atoms with Gasteiger partial charge in [-0.2, -0.15) is 0 Å². The number of para-hydroxylation sites is 1. The fraction of sp³-hybridized carbons (Fsp3) is 0.105. The van der Waals surface area contributed by atoms with Gasteiger partial charge in [0.25, 0.3) is 0 Å². The van der Waals surface area contributed by atoms with E-state index in [1.807, 2.05) is 67.6 Å². The first kappa shape index (κ1) is 16.4. The number of rotatable bonds is 5. The van der Waals surface area contributed by atoms with Gasteiger partial charge in [-0.25, -0.2) is 9.97 Å². The SMILES string of the molecule is CC(=O)Nc1cccc(Nc2cc(Nc3ccccc3)nc(C)n2)c1. The number of hydrogen-bond donors (Lipinski definition) is 3. The largest absolute Gasteiger partial charge is 0.340 e. The zero-order valence-electron chi connectivity index (χ0n) is 14.1. The molecule has 1 aromatic heterocycles. The highest BCUT2D eigenvalue weighted by Gasteiger charge is 2.04. The van der Waals surface area contributed by atoms with Crippen molar-refractivity contribution in [1.29, 1.82) is 0 Å². The van der Waals surface area contributed by atoms with Gasteiger partial charge in [0, 0.05) is 30.1 Å². The van der Waals surface area contributed by atoms with Crippen LogP contribution < -0.4 is 16.0 Å². The molecule has 1 amide bonds. The van der Waals surface area contributed by atoms with Gasteiger partial charge in [0.05, 0.1) is 0 Å². The quantitative estimate of drug-likeness (QED) is 0.651. The lowest BCUT2D eigenvalue weighted by Gasteiger charge is -2.11. The Bertz CT molecular complexity index is 880. The molecule has 3 N–H and O–H groups in total. The van der Waals surface area contributed by atoms with Gasteiger partial charge < -0.3 is 16.0 Å². The Morgan fingerprint density at radius 1 is 0.800 bits per heavy atom. The number of aromatic nitrogens is 2. The minimum Gasteiger partial charge on any atom is -0.340 e. The van der Waals surface area contributed by atoms with Crippen LogP contribution in [0, 0.1) is 6.92 Å². The van der Waals surface area contributed by atoms with Crippen LogP contribution in [0.4, 0.5) is 28.7 Å². The van der Waals surface area contributed by atoms with E-state index in [0.29, 0.717) is 17.5 Å². The fourth-order valence-corrected chi connectivity index (χ4v) is 2.39. The molecule has 25 heavy (non-hydrogen) atoms. The summed E-state index contributed by atoms with van der Waals surface area (Å²) in [5.74, 6) is 1.93. The van der Waals surface area contributed by atoms with Crippen LogP contribution in [0.25, 0.3) is 0 Å². The summed E-state index contributed by atoms with van der Waals surface area (Å²) in [5, 5.41) is 9.26. The summed E-state index contributed by atoms with van der Waals surface area (Å²) in [4.78, 5) is 20.0. The molecule has 0 radical (unpaired) electrons. The predicted molar refractivity (Wildman–Crippen MR) is 101 cm³/mol. The Balaban J connectivity index is 1.80. The third kappa shape index (κ3) is 4.78. The van der Waals surface area contributed by atoms with Crippen molar-refractivity contribution >= 4 is 34.6 Å². The van der Waals surface area contributed by atoms with E-state index in [1.165, 1.54) is 6.92 Å². The van der Waals surface area contributed by atoms with E-state index < -0.39 is 0 Å². The van der Waals surface area contributed by atoms with Crippen molar-refractivity contribution in [3.63, 3.8) is 0 Å². The minimum absolute atomic E-state index is 0.107. The molecule has 0 fully saturated rings. The molecule has 0 atom stereocenters. The van der Waals surface area contributed by atoms with Gasteiger partial charge in [0.1, 0.15) is 17.5 Å². The Labute approximate surface area is 146 Å². The normalized spacial score (nSPS) is 10.2. The summed E-state index contributed by atoms with van der Waals surface area (Å²) < 4.78 is 0. The van der Waals surface area contributed by atoms with Gasteiger partial charge in [-0.05, 0) is 37.3 Å². The molecular formula is C19H19N5O. The smallest absolute Gasteiger partial charge is 0.221 e. The van der Waals surface area contributed by atoms with E-state index in [-0.39, 0.29) is 5.91 Å². The van der Waals surface area contributed by atoms with Crippen LogP contribution in [-0.4, -0.2) is 15.9 Å². The third-order valence-corrected chi connectivity index (χ3v) is 3.34. The average molecular weight is 333 g/mol. The number of nitrogens with one attached hydrogen (secondary N) is 3. The van der Waals surface area contributed by atoms with Crippen LogP contribution in [-0.2, 0) is 4.79 Å². The highest BCUT2D eigenvalue weighted by molar-refractivity contribution is 5.89. The van der Waals surface area contributed by atoms with E-state index in [0.717, 1.165) is 17.1 Å². The fourth-order valence-electron chi connectivity index (χ4n) is 2.39. The van der Waals surface area contributed by atoms with E-state index >= 15 is 0 Å². The van der Waals surface area contributed by atoms with Crippen molar-refractivity contribution in [2.24, 2.45) is 0 Å². The van der Waals surface area contributed by atoms with Gasteiger partial charge in [-0.1, -0.05) is 24.3 Å². The van der Waals surface area contributed by atoms with E-state index in [1.54, 1.807) is 0 Å². The second kappa shape index (κ2) is 7.44. The highest BCUT2D eigenvalue weighted by atomic mass is 16.1. The topological polar surface area (TPSA) is 78.9 Å². The minimum atomic E-state index is -0.107. The summed E-state index contributed by atoms with van der Waals surface area (Å²) in [6, 6.07) is 19.1. The Morgan fingerprint density at radius 3 is 2.08 bits per heavy atom. The molecule has 6 nitrogen and oxygen atoms in total. The number of nitrogens with zero attached hydrogens (tertiary/aromatic N) is 2. The third-order valence-electron chi connectivity index (χ3n) is 3.34. The van der Waals surface area contributed by atoms with Gasteiger partial charge >= 0.3 is 0 Å². The summed E-state index contributed by atoms with van der Waals surface area (Å²) in [6.07, 6.45) is 0. The molecule has 0 bridgehead atoms. The van der Waals surface area contributed by atoms with Crippen LogP contribution in [0.15, 0.2) is 60.7 Å². The average Bonchev–Trinajstić information content (AvgIpc) is 2.55. The van der Waals surface area contributed by atoms with E-state index in [9.17, 15) is 4.79 Å². The summed E-state index contributed by atoms with van der Waals surface area (Å²) in [6.45, 7) is 3.32. The van der Waals surface area contributed by atoms with Gasteiger partial charge in [-0.3, -0.25) is 4.79 Å². The molecule has 3 aromatic rings. The van der Waals surface area contributed by atoms with Gasteiger partial charge in [-0.15, -0.1) is 0 Å². The van der Waals surface area contributed by atoms with Gasteiger partial charge in [0.2, 0.25) is 5.91 Å². The van der Waals surface area contributed by atoms with Crippen LogP contribution in [0.3, 0.4) is 0 Å². The molecule has 126 valence electrons. The summed E-state index contributed by atoms with van der Waals surface area (Å²) >= 11 is 0. The maximum absolute atomic E-state index is 11.2. The van der Waals surface area contributed by atoms with Crippen LogP contribution >= 0.6 is 0 Å². The standard InChI is InChI=1S/C19H19N5O/c1-13-20-18(23-15-7-4-3-5-8-15)12-19(21-13)24-17-10-6-9-16(11-17)22-14(2)25/h3-12H,1-2H3,(H,22,25)(H2,20,21,23,24). The number of aryl methyl sites for hydroxylation is 1. The first-order valence-corrected chi connectivity index (χ1v) is 7.91. The molecule has 1 heterocycles. The number of anilines is 5. The Hall–Kier alpha value is -3.41. The molecule has 0 unspecified atom stereocenters. The van der Waals surface area contributed by atoms with Crippen LogP contribution in [0.2, 0.25) is 0 Å². The van der Waals surface area contributed by atoms with Crippen LogP contribution in [0.1, 0.15) is 12.7 Å². The Morgan fingerprint density at radius 2 is 1.40 bits per heavy atom.